The first-order valence-corrected chi connectivity index (χ1v) is 6.32. The van der Waals surface area contributed by atoms with Crippen molar-refractivity contribution in [2.45, 2.75) is 20.8 Å². The number of rotatable bonds is 2. The molecule has 2 N–H and O–H groups in total. The van der Waals surface area contributed by atoms with E-state index in [1.165, 1.54) is 0 Å². The Morgan fingerprint density at radius 3 is 2.39 bits per heavy atom. The van der Waals surface area contributed by atoms with Gasteiger partial charge in [0.15, 0.2) is 11.6 Å². The standard InChI is InChI=1S/C13H15BrN2O2/c1-6-7(2)13(17-4)11(8(3)12(6)14)9-5-10(15)16-18-9/h5H,1-4H3,(H2,15,16). The van der Waals surface area contributed by atoms with Crippen LogP contribution in [0.1, 0.15) is 16.7 Å². The lowest BCUT2D eigenvalue weighted by molar-refractivity contribution is 0.403. The Balaban J connectivity index is 2.81. The zero-order valence-electron chi connectivity index (χ0n) is 10.8. The van der Waals surface area contributed by atoms with Crippen molar-refractivity contribution in [3.8, 4) is 17.1 Å². The van der Waals surface area contributed by atoms with Gasteiger partial charge in [-0.1, -0.05) is 21.1 Å². The molecular formula is C13H15BrN2O2. The highest BCUT2D eigenvalue weighted by Gasteiger charge is 2.20. The van der Waals surface area contributed by atoms with Crippen LogP contribution >= 0.6 is 15.9 Å². The van der Waals surface area contributed by atoms with Crippen LogP contribution in [0.3, 0.4) is 0 Å². The van der Waals surface area contributed by atoms with E-state index in [1.54, 1.807) is 13.2 Å². The highest BCUT2D eigenvalue weighted by molar-refractivity contribution is 9.10. The summed E-state index contributed by atoms with van der Waals surface area (Å²) < 4.78 is 11.8. The number of nitrogens with two attached hydrogens (primary N) is 1. The van der Waals surface area contributed by atoms with Gasteiger partial charge in [-0.2, -0.15) is 0 Å². The van der Waals surface area contributed by atoms with Crippen LogP contribution in [-0.2, 0) is 0 Å². The molecule has 5 heteroatoms. The Labute approximate surface area is 114 Å². The van der Waals surface area contributed by atoms with E-state index >= 15 is 0 Å². The lowest BCUT2D eigenvalue weighted by atomic mass is 9.97. The van der Waals surface area contributed by atoms with Crippen molar-refractivity contribution in [3.63, 3.8) is 0 Å². The maximum absolute atomic E-state index is 5.61. The Bertz CT molecular complexity index is 606. The van der Waals surface area contributed by atoms with Crippen molar-refractivity contribution in [2.75, 3.05) is 12.8 Å². The average Bonchev–Trinajstić information content (AvgIpc) is 2.77. The van der Waals surface area contributed by atoms with Crippen LogP contribution in [-0.4, -0.2) is 12.3 Å². The minimum atomic E-state index is 0.362. The molecule has 2 rings (SSSR count). The lowest BCUT2D eigenvalue weighted by Crippen LogP contribution is -1.98. The Morgan fingerprint density at radius 1 is 1.22 bits per heavy atom. The van der Waals surface area contributed by atoms with Gasteiger partial charge in [-0.15, -0.1) is 0 Å². The molecule has 0 radical (unpaired) electrons. The van der Waals surface area contributed by atoms with Gasteiger partial charge in [0, 0.05) is 10.5 Å². The van der Waals surface area contributed by atoms with Crippen molar-refractivity contribution in [1.29, 1.82) is 0 Å². The van der Waals surface area contributed by atoms with Gasteiger partial charge in [-0.05, 0) is 37.5 Å². The first-order valence-electron chi connectivity index (χ1n) is 5.53. The van der Waals surface area contributed by atoms with Gasteiger partial charge in [0.1, 0.15) is 5.75 Å². The Hall–Kier alpha value is -1.49. The van der Waals surface area contributed by atoms with E-state index in [0.717, 1.165) is 32.5 Å². The van der Waals surface area contributed by atoms with Crippen LogP contribution in [0.25, 0.3) is 11.3 Å². The summed E-state index contributed by atoms with van der Waals surface area (Å²) in [5, 5.41) is 3.72. The fraction of sp³-hybridized carbons (Fsp3) is 0.308. The molecule has 0 saturated carbocycles. The molecule has 18 heavy (non-hydrogen) atoms. The van der Waals surface area contributed by atoms with Gasteiger partial charge < -0.3 is 15.0 Å². The number of aromatic nitrogens is 1. The highest BCUT2D eigenvalue weighted by Crippen LogP contribution is 2.42. The number of anilines is 1. The quantitative estimate of drug-likeness (QED) is 0.920. The zero-order valence-corrected chi connectivity index (χ0v) is 12.4. The van der Waals surface area contributed by atoms with E-state index < -0.39 is 0 Å². The topological polar surface area (TPSA) is 61.3 Å². The monoisotopic (exact) mass is 310 g/mol. The average molecular weight is 311 g/mol. The van der Waals surface area contributed by atoms with Crippen LogP contribution in [0, 0.1) is 20.8 Å². The van der Waals surface area contributed by atoms with E-state index in [9.17, 15) is 0 Å². The van der Waals surface area contributed by atoms with Gasteiger partial charge in [-0.25, -0.2) is 0 Å². The third-order valence-corrected chi connectivity index (χ3v) is 4.33. The molecule has 96 valence electrons. The van der Waals surface area contributed by atoms with Crippen molar-refractivity contribution >= 4 is 21.7 Å². The maximum Gasteiger partial charge on any atom is 0.173 e. The minimum Gasteiger partial charge on any atom is -0.496 e. The number of hydrogen-bond donors (Lipinski definition) is 1. The number of nitrogen functional groups attached to an aromatic ring is 1. The molecule has 0 aliphatic heterocycles. The third kappa shape index (κ3) is 1.88. The molecule has 1 aromatic heterocycles. The maximum atomic E-state index is 5.61. The van der Waals surface area contributed by atoms with Crippen molar-refractivity contribution in [2.24, 2.45) is 0 Å². The number of hydrogen-bond acceptors (Lipinski definition) is 4. The molecular weight excluding hydrogens is 296 g/mol. The van der Waals surface area contributed by atoms with Crippen LogP contribution in [0.5, 0.6) is 5.75 Å². The number of nitrogens with zero attached hydrogens (tertiary/aromatic N) is 1. The number of ether oxygens (including phenoxy) is 1. The summed E-state index contributed by atoms with van der Waals surface area (Å²) in [7, 11) is 1.65. The molecule has 0 unspecified atom stereocenters. The Kier molecular flexibility index (Phi) is 3.34. The second-order valence-corrected chi connectivity index (χ2v) is 5.01. The molecule has 0 spiro atoms. The second kappa shape index (κ2) is 4.65. The van der Waals surface area contributed by atoms with Gasteiger partial charge in [0.2, 0.25) is 0 Å². The first-order chi connectivity index (χ1) is 8.47. The smallest absolute Gasteiger partial charge is 0.173 e. The van der Waals surface area contributed by atoms with Crippen molar-refractivity contribution in [1.82, 2.24) is 5.16 Å². The lowest BCUT2D eigenvalue weighted by Gasteiger charge is -2.17. The molecule has 0 atom stereocenters. The molecule has 0 amide bonds. The highest BCUT2D eigenvalue weighted by atomic mass is 79.9. The molecule has 2 aromatic rings. The van der Waals surface area contributed by atoms with E-state index in [1.807, 2.05) is 20.8 Å². The van der Waals surface area contributed by atoms with Crippen LogP contribution in [0.15, 0.2) is 15.1 Å². The summed E-state index contributed by atoms with van der Waals surface area (Å²) >= 11 is 3.60. The molecule has 0 aliphatic carbocycles. The molecule has 4 nitrogen and oxygen atoms in total. The summed E-state index contributed by atoms with van der Waals surface area (Å²) in [6.07, 6.45) is 0. The van der Waals surface area contributed by atoms with E-state index in [0.29, 0.717) is 11.6 Å². The molecule has 0 bridgehead atoms. The number of methoxy groups -OCH3 is 1. The van der Waals surface area contributed by atoms with Gasteiger partial charge >= 0.3 is 0 Å². The van der Waals surface area contributed by atoms with E-state index in [-0.39, 0.29) is 0 Å². The van der Waals surface area contributed by atoms with Gasteiger partial charge in [0.25, 0.3) is 0 Å². The third-order valence-electron chi connectivity index (χ3n) is 3.14. The molecule has 0 fully saturated rings. The van der Waals surface area contributed by atoms with Crippen LogP contribution < -0.4 is 10.5 Å². The fourth-order valence-electron chi connectivity index (χ4n) is 2.04. The summed E-state index contributed by atoms with van der Waals surface area (Å²) in [6.45, 7) is 6.07. The number of benzene rings is 1. The van der Waals surface area contributed by atoms with Gasteiger partial charge in [-0.3, -0.25) is 0 Å². The summed E-state index contributed by atoms with van der Waals surface area (Å²) in [6, 6.07) is 1.70. The molecule has 1 heterocycles. The van der Waals surface area contributed by atoms with E-state index in [2.05, 4.69) is 21.1 Å². The molecule has 0 saturated heterocycles. The number of halogens is 1. The summed E-state index contributed by atoms with van der Waals surface area (Å²) in [5.74, 6) is 1.77. The first kappa shape index (κ1) is 13.0. The molecule has 1 aromatic carbocycles. The van der Waals surface area contributed by atoms with E-state index in [4.69, 9.17) is 15.0 Å². The SMILES string of the molecule is COc1c(C)c(C)c(Br)c(C)c1-c1cc(N)no1. The predicted octanol–water partition coefficient (Wildman–Crippen LogP) is 3.62. The largest absolute Gasteiger partial charge is 0.496 e. The van der Waals surface area contributed by atoms with Crippen LogP contribution in [0.2, 0.25) is 0 Å². The fourth-order valence-corrected chi connectivity index (χ4v) is 2.54. The molecule has 0 aliphatic rings. The summed E-state index contributed by atoms with van der Waals surface area (Å²) in [4.78, 5) is 0. The second-order valence-electron chi connectivity index (χ2n) is 4.21. The zero-order chi connectivity index (χ0) is 13.4. The normalized spacial score (nSPS) is 10.7. The van der Waals surface area contributed by atoms with Gasteiger partial charge in [0.05, 0.1) is 12.7 Å². The minimum absolute atomic E-state index is 0.362. The van der Waals surface area contributed by atoms with Crippen molar-refractivity contribution in [3.05, 3.63) is 27.2 Å². The summed E-state index contributed by atoms with van der Waals surface area (Å²) in [5.41, 5.74) is 9.76. The Morgan fingerprint density at radius 2 is 1.89 bits per heavy atom. The van der Waals surface area contributed by atoms with Crippen LogP contribution in [0.4, 0.5) is 5.82 Å². The van der Waals surface area contributed by atoms with Crippen molar-refractivity contribution < 1.29 is 9.26 Å². The predicted molar refractivity (Wildman–Crippen MR) is 74.8 cm³/mol.